The molecule has 9 heteroatoms. The van der Waals surface area contributed by atoms with E-state index in [1.807, 2.05) is 0 Å². The summed E-state index contributed by atoms with van der Waals surface area (Å²) in [6.07, 6.45) is 8.74. The number of nitrogens with one attached hydrogen (secondary N) is 1. The quantitative estimate of drug-likeness (QED) is 0.538. The monoisotopic (exact) mass is 444 g/mol. The van der Waals surface area contributed by atoms with Crippen LogP contribution in [0.25, 0.3) is 5.65 Å². The van der Waals surface area contributed by atoms with Gasteiger partial charge in [-0.3, -0.25) is 9.59 Å². The van der Waals surface area contributed by atoms with Crippen LogP contribution in [0.2, 0.25) is 0 Å². The van der Waals surface area contributed by atoms with Gasteiger partial charge in [0, 0.05) is 18.2 Å². The van der Waals surface area contributed by atoms with Crippen molar-refractivity contribution in [2.45, 2.75) is 65.3 Å². The number of carbonyl (C=O) groups is 3. The van der Waals surface area contributed by atoms with E-state index >= 15 is 0 Å². The molecule has 174 valence electrons. The van der Waals surface area contributed by atoms with Gasteiger partial charge in [0.1, 0.15) is 5.69 Å². The third-order valence-corrected chi connectivity index (χ3v) is 7.17. The molecule has 0 spiro atoms. The van der Waals surface area contributed by atoms with Crippen LogP contribution >= 0.6 is 0 Å². The molecule has 5 rings (SSSR count). The number of aromatic nitrogens is 3. The summed E-state index contributed by atoms with van der Waals surface area (Å²) in [5, 5.41) is 7.36. The van der Waals surface area contributed by atoms with Crippen molar-refractivity contribution in [2.24, 2.45) is 10.8 Å². The number of esters is 1. The van der Waals surface area contributed by atoms with Gasteiger partial charge in [-0.15, -0.1) is 0 Å². The zero-order valence-corrected chi connectivity index (χ0v) is 19.2. The van der Waals surface area contributed by atoms with Crippen LogP contribution in [0.15, 0.2) is 18.3 Å². The first-order valence-corrected chi connectivity index (χ1v) is 11.1. The molecule has 0 aromatic carbocycles. The first kappa shape index (κ1) is 23.7. The fourth-order valence-corrected chi connectivity index (χ4v) is 4.83. The third kappa shape index (κ3) is 4.76. The molecule has 32 heavy (non-hydrogen) atoms. The third-order valence-electron chi connectivity index (χ3n) is 7.17. The summed E-state index contributed by atoms with van der Waals surface area (Å²) >= 11 is 0. The van der Waals surface area contributed by atoms with E-state index in [1.165, 1.54) is 37.0 Å². The van der Waals surface area contributed by atoms with Crippen molar-refractivity contribution in [3.05, 3.63) is 29.7 Å². The summed E-state index contributed by atoms with van der Waals surface area (Å²) in [4.78, 5) is 38.4. The summed E-state index contributed by atoms with van der Waals surface area (Å²) in [5.41, 5.74) is 1.51. The van der Waals surface area contributed by atoms with Crippen LogP contribution in [0, 0.1) is 10.8 Å². The lowest BCUT2D eigenvalue weighted by Crippen LogP contribution is -2.52. The summed E-state index contributed by atoms with van der Waals surface area (Å²) in [7, 11) is 1.30. The standard InChI is InChI=1S/C20H26N4O3.C3H6O2/c1-13(20-8-5-19(2,6-9-20)7-10-20)22-17(25)15-12-14(18(26)27-3)23-16-4-11-21-24(15)16;1-2-5-3-4/h4,11-13H,5-10H2,1-3H3,(H,22,25);3H,2H2,1H3. The predicted molar refractivity (Wildman–Crippen MR) is 117 cm³/mol. The van der Waals surface area contributed by atoms with Crippen molar-refractivity contribution in [3.8, 4) is 0 Å². The van der Waals surface area contributed by atoms with E-state index < -0.39 is 5.97 Å². The van der Waals surface area contributed by atoms with E-state index in [9.17, 15) is 14.4 Å². The lowest BCUT2D eigenvalue weighted by atomic mass is 9.52. The molecule has 3 aliphatic carbocycles. The van der Waals surface area contributed by atoms with E-state index in [4.69, 9.17) is 4.74 Å². The Morgan fingerprint density at radius 1 is 1.25 bits per heavy atom. The second-order valence-corrected chi connectivity index (χ2v) is 9.04. The highest BCUT2D eigenvalue weighted by atomic mass is 16.5. The number of fused-ring (bicyclic) bond motifs is 4. The van der Waals surface area contributed by atoms with Gasteiger partial charge in [-0.1, -0.05) is 6.92 Å². The Morgan fingerprint density at radius 2 is 1.91 bits per heavy atom. The molecule has 2 aromatic rings. The second-order valence-electron chi connectivity index (χ2n) is 9.04. The average molecular weight is 445 g/mol. The Kier molecular flexibility index (Phi) is 7.16. The Morgan fingerprint density at radius 3 is 2.44 bits per heavy atom. The van der Waals surface area contributed by atoms with Crippen LogP contribution in [0.3, 0.4) is 0 Å². The Hall–Kier alpha value is -2.97. The van der Waals surface area contributed by atoms with Gasteiger partial charge < -0.3 is 14.8 Å². The second kappa shape index (κ2) is 9.67. The first-order chi connectivity index (χ1) is 15.3. The van der Waals surface area contributed by atoms with Crippen molar-refractivity contribution >= 4 is 24.0 Å². The highest BCUT2D eigenvalue weighted by Crippen LogP contribution is 2.57. The van der Waals surface area contributed by atoms with Crippen LogP contribution in [0.4, 0.5) is 0 Å². The van der Waals surface area contributed by atoms with E-state index in [1.54, 1.807) is 19.2 Å². The number of carbonyl (C=O) groups excluding carboxylic acids is 3. The smallest absolute Gasteiger partial charge is 0.356 e. The van der Waals surface area contributed by atoms with Crippen LogP contribution in [-0.2, 0) is 14.3 Å². The van der Waals surface area contributed by atoms with Crippen LogP contribution in [0.5, 0.6) is 0 Å². The zero-order chi connectivity index (χ0) is 23.4. The Labute approximate surface area is 187 Å². The van der Waals surface area contributed by atoms with Gasteiger partial charge in [-0.25, -0.2) is 14.3 Å². The van der Waals surface area contributed by atoms with Gasteiger partial charge in [-0.05, 0) is 63.2 Å². The SMILES string of the molecule is CCOC=O.COC(=O)c1cc(C(=O)NC(C)C23CCC(C)(CC2)CC3)n2nccc2n1. The molecule has 0 radical (unpaired) electrons. The fraction of sp³-hybridized carbons (Fsp3) is 0.609. The lowest BCUT2D eigenvalue weighted by Gasteiger charge is -2.54. The Bertz CT molecular complexity index is 961. The van der Waals surface area contributed by atoms with Gasteiger partial charge in [0.2, 0.25) is 0 Å². The maximum absolute atomic E-state index is 13.1. The number of nitrogens with zero attached hydrogens (tertiary/aromatic N) is 3. The molecule has 3 saturated carbocycles. The number of hydrogen-bond acceptors (Lipinski definition) is 7. The topological polar surface area (TPSA) is 112 Å². The van der Waals surface area contributed by atoms with Crippen molar-refractivity contribution in [1.82, 2.24) is 19.9 Å². The van der Waals surface area contributed by atoms with E-state index in [-0.39, 0.29) is 23.1 Å². The fourth-order valence-electron chi connectivity index (χ4n) is 4.83. The molecule has 0 saturated heterocycles. The molecule has 1 atom stereocenters. The van der Waals surface area contributed by atoms with Gasteiger partial charge >= 0.3 is 5.97 Å². The minimum atomic E-state index is -0.571. The number of hydrogen-bond donors (Lipinski definition) is 1. The summed E-state index contributed by atoms with van der Waals surface area (Å²) in [6, 6.07) is 3.17. The van der Waals surface area contributed by atoms with E-state index in [0.717, 1.165) is 19.3 Å². The van der Waals surface area contributed by atoms with Gasteiger partial charge in [-0.2, -0.15) is 5.10 Å². The number of methoxy groups -OCH3 is 1. The molecule has 1 amide bonds. The van der Waals surface area contributed by atoms with Crippen LogP contribution in [-0.4, -0.2) is 52.7 Å². The average Bonchev–Trinajstić information content (AvgIpc) is 3.28. The molecule has 3 aliphatic rings. The molecule has 2 bridgehead atoms. The number of amides is 1. The largest absolute Gasteiger partial charge is 0.468 e. The lowest BCUT2D eigenvalue weighted by molar-refractivity contribution is -0.128. The predicted octanol–water partition coefficient (Wildman–Crippen LogP) is 3.17. The highest BCUT2D eigenvalue weighted by Gasteiger charge is 2.49. The molecule has 1 N–H and O–H groups in total. The van der Waals surface area contributed by atoms with E-state index in [2.05, 4.69) is 34.0 Å². The van der Waals surface area contributed by atoms with Crippen molar-refractivity contribution < 1.29 is 23.9 Å². The molecule has 2 heterocycles. The maximum atomic E-state index is 13.1. The number of ether oxygens (including phenoxy) is 2. The van der Waals surface area contributed by atoms with E-state index in [0.29, 0.717) is 29.8 Å². The van der Waals surface area contributed by atoms with Crippen LogP contribution < -0.4 is 5.32 Å². The normalized spacial score (nSPS) is 24.8. The zero-order valence-electron chi connectivity index (χ0n) is 19.2. The molecule has 2 aromatic heterocycles. The van der Waals surface area contributed by atoms with Crippen molar-refractivity contribution in [3.63, 3.8) is 0 Å². The van der Waals surface area contributed by atoms with Gasteiger partial charge in [0.25, 0.3) is 12.4 Å². The molecule has 1 unspecified atom stereocenters. The van der Waals surface area contributed by atoms with Crippen LogP contribution in [0.1, 0.15) is 80.3 Å². The van der Waals surface area contributed by atoms with Gasteiger partial charge in [0.15, 0.2) is 11.3 Å². The molecular weight excluding hydrogens is 412 g/mol. The summed E-state index contributed by atoms with van der Waals surface area (Å²) < 4.78 is 10.4. The van der Waals surface area contributed by atoms with Crippen molar-refractivity contribution in [1.29, 1.82) is 0 Å². The highest BCUT2D eigenvalue weighted by molar-refractivity contribution is 5.96. The minimum Gasteiger partial charge on any atom is -0.468 e. The minimum absolute atomic E-state index is 0.0650. The summed E-state index contributed by atoms with van der Waals surface area (Å²) in [5.74, 6) is -0.810. The molecule has 9 nitrogen and oxygen atoms in total. The first-order valence-electron chi connectivity index (χ1n) is 11.1. The molecule has 0 aliphatic heterocycles. The maximum Gasteiger partial charge on any atom is 0.356 e. The molecule has 3 fully saturated rings. The number of rotatable bonds is 6. The molecular formula is C23H32N4O5. The van der Waals surface area contributed by atoms with Crippen molar-refractivity contribution in [2.75, 3.05) is 13.7 Å². The summed E-state index contributed by atoms with van der Waals surface area (Å²) in [6.45, 7) is 7.16. The van der Waals surface area contributed by atoms with Gasteiger partial charge in [0.05, 0.1) is 19.9 Å². The Balaban J connectivity index is 0.000000523.